The van der Waals surface area contributed by atoms with Crippen molar-refractivity contribution < 1.29 is 9.90 Å². The lowest BCUT2D eigenvalue weighted by molar-refractivity contribution is 0.0955. The van der Waals surface area contributed by atoms with Crippen LogP contribution in [0.1, 0.15) is 28.7 Å². The van der Waals surface area contributed by atoms with Crippen LogP contribution in [-0.4, -0.2) is 26.8 Å². The maximum absolute atomic E-state index is 12.2. The van der Waals surface area contributed by atoms with Gasteiger partial charge in [0.25, 0.3) is 5.91 Å². The van der Waals surface area contributed by atoms with E-state index in [-0.39, 0.29) is 11.7 Å². The van der Waals surface area contributed by atoms with E-state index in [1.54, 1.807) is 36.4 Å². The molecule has 24 heavy (non-hydrogen) atoms. The van der Waals surface area contributed by atoms with Gasteiger partial charge in [0, 0.05) is 12.1 Å². The number of aryl methyl sites for hydroxylation is 2. The Morgan fingerprint density at radius 2 is 2.17 bits per heavy atom. The van der Waals surface area contributed by atoms with Gasteiger partial charge in [0.15, 0.2) is 0 Å². The highest BCUT2D eigenvalue weighted by Crippen LogP contribution is 2.17. The summed E-state index contributed by atoms with van der Waals surface area (Å²) in [6.45, 7) is 4.84. The minimum Gasteiger partial charge on any atom is -0.508 e. The summed E-state index contributed by atoms with van der Waals surface area (Å²) >= 11 is 0. The Bertz CT molecular complexity index is 928. The quantitative estimate of drug-likeness (QED) is 0.572. The summed E-state index contributed by atoms with van der Waals surface area (Å²) in [5, 5.41) is 13.3. The van der Waals surface area contributed by atoms with Crippen LogP contribution >= 0.6 is 0 Å². The predicted octanol–water partition coefficient (Wildman–Crippen LogP) is 2.83. The predicted molar refractivity (Wildman–Crippen MR) is 93.3 cm³/mol. The van der Waals surface area contributed by atoms with Gasteiger partial charge < -0.3 is 9.67 Å². The second-order valence-electron chi connectivity index (χ2n) is 5.40. The molecule has 2 aromatic carbocycles. The standard InChI is InChI=1S/C18H18N4O2/c1-3-22-12(2)20-16-10-14(7-8-17(16)22)18(24)21-19-11-13-5-4-6-15(23)9-13/h4-11,23H,3H2,1-2H3,(H,21,24)/b19-11-. The number of imidazole rings is 1. The molecule has 3 aromatic rings. The average molecular weight is 322 g/mol. The molecule has 0 aliphatic carbocycles. The summed E-state index contributed by atoms with van der Waals surface area (Å²) in [5.41, 5.74) is 5.47. The Balaban J connectivity index is 1.76. The average Bonchev–Trinajstić information content (AvgIpc) is 2.88. The van der Waals surface area contributed by atoms with Gasteiger partial charge in [-0.15, -0.1) is 0 Å². The summed E-state index contributed by atoms with van der Waals surface area (Å²) in [6, 6.07) is 12.0. The first-order chi connectivity index (χ1) is 11.6. The third-order valence-electron chi connectivity index (χ3n) is 3.77. The number of phenols is 1. The highest BCUT2D eigenvalue weighted by molar-refractivity contribution is 5.97. The number of nitrogens with one attached hydrogen (secondary N) is 1. The molecule has 0 aliphatic rings. The minimum atomic E-state index is -0.308. The molecule has 0 unspecified atom stereocenters. The summed E-state index contributed by atoms with van der Waals surface area (Å²) in [4.78, 5) is 16.7. The molecule has 2 N–H and O–H groups in total. The van der Waals surface area contributed by atoms with Crippen molar-refractivity contribution in [2.45, 2.75) is 20.4 Å². The Morgan fingerprint density at radius 3 is 2.92 bits per heavy atom. The maximum atomic E-state index is 12.2. The van der Waals surface area contributed by atoms with Crippen molar-refractivity contribution in [3.63, 3.8) is 0 Å². The molecule has 0 saturated heterocycles. The van der Waals surface area contributed by atoms with Crippen molar-refractivity contribution in [3.05, 3.63) is 59.4 Å². The number of hydrogen-bond donors (Lipinski definition) is 2. The molecule has 1 heterocycles. The zero-order valence-corrected chi connectivity index (χ0v) is 13.5. The van der Waals surface area contributed by atoms with Gasteiger partial charge in [0.1, 0.15) is 11.6 Å². The first kappa shape index (κ1) is 15.7. The van der Waals surface area contributed by atoms with Gasteiger partial charge in [0.2, 0.25) is 0 Å². The van der Waals surface area contributed by atoms with Crippen LogP contribution in [0.2, 0.25) is 0 Å². The molecule has 6 heteroatoms. The number of carbonyl (C=O) groups is 1. The summed E-state index contributed by atoms with van der Waals surface area (Å²) < 4.78 is 2.09. The largest absolute Gasteiger partial charge is 0.508 e. The van der Waals surface area contributed by atoms with Crippen LogP contribution < -0.4 is 5.43 Å². The van der Waals surface area contributed by atoms with E-state index >= 15 is 0 Å². The van der Waals surface area contributed by atoms with Crippen molar-refractivity contribution >= 4 is 23.2 Å². The Hall–Kier alpha value is -3.15. The van der Waals surface area contributed by atoms with Crippen molar-refractivity contribution in [2.75, 3.05) is 0 Å². The van der Waals surface area contributed by atoms with Gasteiger partial charge in [-0.05, 0) is 49.7 Å². The number of aromatic hydroxyl groups is 1. The molecule has 122 valence electrons. The van der Waals surface area contributed by atoms with E-state index in [1.165, 1.54) is 6.21 Å². The zero-order valence-electron chi connectivity index (χ0n) is 13.5. The van der Waals surface area contributed by atoms with Crippen LogP contribution in [0.25, 0.3) is 11.0 Å². The molecule has 6 nitrogen and oxygen atoms in total. The van der Waals surface area contributed by atoms with E-state index in [2.05, 4.69) is 27.0 Å². The monoisotopic (exact) mass is 322 g/mol. The highest BCUT2D eigenvalue weighted by Gasteiger charge is 2.10. The lowest BCUT2D eigenvalue weighted by Gasteiger charge is -2.03. The molecule has 0 aliphatic heterocycles. The smallest absolute Gasteiger partial charge is 0.271 e. The molecule has 1 aromatic heterocycles. The number of carbonyl (C=O) groups excluding carboxylic acids is 1. The van der Waals surface area contributed by atoms with E-state index in [0.29, 0.717) is 11.1 Å². The van der Waals surface area contributed by atoms with Gasteiger partial charge in [-0.3, -0.25) is 4.79 Å². The number of hydrogen-bond acceptors (Lipinski definition) is 4. The number of fused-ring (bicyclic) bond motifs is 1. The first-order valence-corrected chi connectivity index (χ1v) is 7.68. The van der Waals surface area contributed by atoms with E-state index in [9.17, 15) is 9.90 Å². The topological polar surface area (TPSA) is 79.5 Å². The molecule has 0 spiro atoms. The van der Waals surface area contributed by atoms with Crippen molar-refractivity contribution in [3.8, 4) is 5.75 Å². The molecular formula is C18H18N4O2. The van der Waals surface area contributed by atoms with E-state index in [4.69, 9.17) is 0 Å². The maximum Gasteiger partial charge on any atom is 0.271 e. The fourth-order valence-electron chi connectivity index (χ4n) is 2.63. The van der Waals surface area contributed by atoms with Crippen molar-refractivity contribution in [1.82, 2.24) is 15.0 Å². The fourth-order valence-corrected chi connectivity index (χ4v) is 2.63. The summed E-state index contributed by atoms with van der Waals surface area (Å²) in [6.07, 6.45) is 1.48. The third-order valence-corrected chi connectivity index (χ3v) is 3.77. The molecule has 0 bridgehead atoms. The summed E-state index contributed by atoms with van der Waals surface area (Å²) in [5.74, 6) is 0.765. The Morgan fingerprint density at radius 1 is 1.33 bits per heavy atom. The van der Waals surface area contributed by atoms with E-state index < -0.39 is 0 Å². The highest BCUT2D eigenvalue weighted by atomic mass is 16.3. The Labute approximate surface area is 139 Å². The van der Waals surface area contributed by atoms with Crippen molar-refractivity contribution in [2.24, 2.45) is 5.10 Å². The number of hydrazone groups is 1. The molecule has 0 fully saturated rings. The molecule has 0 saturated carbocycles. The van der Waals surface area contributed by atoms with E-state index in [1.807, 2.05) is 13.0 Å². The normalized spacial score (nSPS) is 11.2. The molecule has 3 rings (SSSR count). The second kappa shape index (κ2) is 6.54. The van der Waals surface area contributed by atoms with Crippen LogP contribution in [0.5, 0.6) is 5.75 Å². The minimum absolute atomic E-state index is 0.151. The van der Waals surface area contributed by atoms with Crippen LogP contribution in [0.15, 0.2) is 47.6 Å². The third kappa shape index (κ3) is 3.12. The SMILES string of the molecule is CCn1c(C)nc2cc(C(=O)N/N=C\c3cccc(O)c3)ccc21. The zero-order chi connectivity index (χ0) is 17.1. The van der Waals surface area contributed by atoms with E-state index in [0.717, 1.165) is 23.4 Å². The lowest BCUT2D eigenvalue weighted by atomic mass is 10.2. The molecule has 0 radical (unpaired) electrons. The first-order valence-electron chi connectivity index (χ1n) is 7.68. The van der Waals surface area contributed by atoms with Crippen LogP contribution in [0.3, 0.4) is 0 Å². The van der Waals surface area contributed by atoms with Crippen LogP contribution in [0, 0.1) is 6.92 Å². The number of amides is 1. The molecular weight excluding hydrogens is 304 g/mol. The van der Waals surface area contributed by atoms with Gasteiger partial charge in [-0.2, -0.15) is 5.10 Å². The fraction of sp³-hybridized carbons (Fsp3) is 0.167. The van der Waals surface area contributed by atoms with Crippen LogP contribution in [0.4, 0.5) is 0 Å². The molecule has 1 amide bonds. The molecule has 0 atom stereocenters. The van der Waals surface area contributed by atoms with Gasteiger partial charge in [0.05, 0.1) is 17.2 Å². The number of aromatic nitrogens is 2. The number of phenolic OH excluding ortho intramolecular Hbond substituents is 1. The summed E-state index contributed by atoms with van der Waals surface area (Å²) in [7, 11) is 0. The van der Waals surface area contributed by atoms with Gasteiger partial charge in [-0.25, -0.2) is 10.4 Å². The second-order valence-corrected chi connectivity index (χ2v) is 5.40. The Kier molecular flexibility index (Phi) is 4.29. The number of rotatable bonds is 4. The van der Waals surface area contributed by atoms with Crippen LogP contribution in [-0.2, 0) is 6.54 Å². The lowest BCUT2D eigenvalue weighted by Crippen LogP contribution is -2.17. The van der Waals surface area contributed by atoms with Crippen molar-refractivity contribution in [1.29, 1.82) is 0 Å². The number of nitrogens with zero attached hydrogens (tertiary/aromatic N) is 3. The van der Waals surface area contributed by atoms with Gasteiger partial charge in [-0.1, -0.05) is 12.1 Å². The number of benzene rings is 2. The van der Waals surface area contributed by atoms with Gasteiger partial charge >= 0.3 is 0 Å².